The second-order valence-electron chi connectivity index (χ2n) is 3.35. The highest BCUT2D eigenvalue weighted by atomic mass is 16.4. The first-order chi connectivity index (χ1) is 6.56. The van der Waals surface area contributed by atoms with E-state index in [9.17, 15) is 9.59 Å². The van der Waals surface area contributed by atoms with Crippen molar-refractivity contribution >= 4 is 17.6 Å². The van der Waals surface area contributed by atoms with Gasteiger partial charge < -0.3 is 5.11 Å². The molecule has 5 heteroatoms. The van der Waals surface area contributed by atoms with Crippen molar-refractivity contribution < 1.29 is 14.7 Å². The lowest BCUT2D eigenvalue weighted by molar-refractivity contribution is -0.134. The molecule has 1 N–H and O–H groups in total. The number of carboxylic acid groups (broad SMARTS) is 1. The Hall–Kier alpha value is -1.39. The number of aliphatic carboxylic acids is 1. The highest BCUT2D eigenvalue weighted by molar-refractivity contribution is 6.36. The van der Waals surface area contributed by atoms with Gasteiger partial charge in [0, 0.05) is 12.8 Å². The number of hydrazone groups is 1. The maximum absolute atomic E-state index is 11.4. The lowest BCUT2D eigenvalue weighted by atomic mass is 10.1. The average molecular weight is 198 g/mol. The summed E-state index contributed by atoms with van der Waals surface area (Å²) in [4.78, 5) is 22.0. The van der Waals surface area contributed by atoms with Crippen LogP contribution in [0.4, 0.5) is 0 Å². The number of hydrogen-bond acceptors (Lipinski definition) is 3. The standard InChI is InChI=1S/C9H14N2O3/c1-3-6(2)11-8(12)5-4-7(10-11)9(13)14/h6H,3-5H2,1-2H3,(H,13,14). The van der Waals surface area contributed by atoms with Crippen LogP contribution in [0.25, 0.3) is 0 Å². The fourth-order valence-corrected chi connectivity index (χ4v) is 1.24. The third kappa shape index (κ3) is 2.10. The van der Waals surface area contributed by atoms with Gasteiger partial charge in [0.1, 0.15) is 5.71 Å². The Morgan fingerprint density at radius 2 is 2.29 bits per heavy atom. The molecule has 1 heterocycles. The number of amides is 1. The van der Waals surface area contributed by atoms with Gasteiger partial charge in [-0.2, -0.15) is 5.10 Å². The predicted molar refractivity (Wildman–Crippen MR) is 50.9 cm³/mol. The summed E-state index contributed by atoms with van der Waals surface area (Å²) in [5.41, 5.74) is 0.0740. The zero-order valence-corrected chi connectivity index (χ0v) is 8.36. The van der Waals surface area contributed by atoms with Gasteiger partial charge in [0.25, 0.3) is 0 Å². The maximum Gasteiger partial charge on any atom is 0.352 e. The number of carbonyl (C=O) groups excluding carboxylic acids is 1. The molecular formula is C9H14N2O3. The number of carboxylic acids is 1. The minimum absolute atomic E-state index is 0.0304. The summed E-state index contributed by atoms with van der Waals surface area (Å²) in [5.74, 6) is -1.13. The molecule has 0 aromatic heterocycles. The molecule has 5 nitrogen and oxygen atoms in total. The molecule has 0 spiro atoms. The van der Waals surface area contributed by atoms with E-state index in [0.29, 0.717) is 0 Å². The molecule has 1 unspecified atom stereocenters. The third-order valence-corrected chi connectivity index (χ3v) is 2.31. The molecule has 0 aliphatic carbocycles. The van der Waals surface area contributed by atoms with E-state index in [1.807, 2.05) is 13.8 Å². The van der Waals surface area contributed by atoms with E-state index in [2.05, 4.69) is 5.10 Å². The van der Waals surface area contributed by atoms with E-state index in [4.69, 9.17) is 5.11 Å². The fourth-order valence-electron chi connectivity index (χ4n) is 1.24. The number of rotatable bonds is 3. The summed E-state index contributed by atoms with van der Waals surface area (Å²) in [6, 6.07) is -0.0304. The minimum Gasteiger partial charge on any atom is -0.477 e. The van der Waals surface area contributed by atoms with Crippen LogP contribution < -0.4 is 0 Å². The SMILES string of the molecule is CCC(C)N1N=C(C(=O)O)CCC1=O. The molecule has 1 amide bonds. The summed E-state index contributed by atoms with van der Waals surface area (Å²) >= 11 is 0. The summed E-state index contributed by atoms with van der Waals surface area (Å²) < 4.78 is 0. The lowest BCUT2D eigenvalue weighted by Crippen LogP contribution is -2.39. The van der Waals surface area contributed by atoms with Crippen molar-refractivity contribution in [1.29, 1.82) is 0 Å². The highest BCUT2D eigenvalue weighted by Gasteiger charge is 2.26. The Labute approximate surface area is 82.4 Å². The van der Waals surface area contributed by atoms with E-state index >= 15 is 0 Å². The van der Waals surface area contributed by atoms with Crippen LogP contribution in [0, 0.1) is 0 Å². The van der Waals surface area contributed by atoms with Gasteiger partial charge in [0.15, 0.2) is 0 Å². The second kappa shape index (κ2) is 4.21. The molecular weight excluding hydrogens is 184 g/mol. The van der Waals surface area contributed by atoms with Crippen LogP contribution in [0.2, 0.25) is 0 Å². The van der Waals surface area contributed by atoms with Gasteiger partial charge in [0.05, 0.1) is 6.04 Å². The number of nitrogens with zero attached hydrogens (tertiary/aromatic N) is 2. The number of hydrogen-bond donors (Lipinski definition) is 1. The van der Waals surface area contributed by atoms with Crippen LogP contribution in [0.15, 0.2) is 5.10 Å². The monoisotopic (exact) mass is 198 g/mol. The second-order valence-corrected chi connectivity index (χ2v) is 3.35. The van der Waals surface area contributed by atoms with Crippen LogP contribution in [-0.2, 0) is 9.59 Å². The van der Waals surface area contributed by atoms with Crippen molar-refractivity contribution in [3.8, 4) is 0 Å². The molecule has 0 saturated heterocycles. The molecule has 0 aromatic carbocycles. The van der Waals surface area contributed by atoms with Gasteiger partial charge in [-0.3, -0.25) is 4.79 Å². The normalized spacial score (nSPS) is 19.1. The molecule has 0 fully saturated rings. The van der Waals surface area contributed by atoms with Crippen LogP contribution in [-0.4, -0.2) is 33.7 Å². The van der Waals surface area contributed by atoms with Crippen LogP contribution in [0.3, 0.4) is 0 Å². The Kier molecular flexibility index (Phi) is 3.22. The first-order valence-corrected chi connectivity index (χ1v) is 4.69. The summed E-state index contributed by atoms with van der Waals surface area (Å²) in [6.07, 6.45) is 1.25. The molecule has 1 aliphatic rings. The van der Waals surface area contributed by atoms with Crippen molar-refractivity contribution in [2.75, 3.05) is 0 Å². The van der Waals surface area contributed by atoms with Crippen LogP contribution >= 0.6 is 0 Å². The van der Waals surface area contributed by atoms with Crippen LogP contribution in [0.5, 0.6) is 0 Å². The van der Waals surface area contributed by atoms with E-state index in [-0.39, 0.29) is 30.5 Å². The van der Waals surface area contributed by atoms with Gasteiger partial charge in [0.2, 0.25) is 5.91 Å². The summed E-state index contributed by atoms with van der Waals surface area (Å²) in [6.45, 7) is 3.79. The van der Waals surface area contributed by atoms with Gasteiger partial charge in [-0.15, -0.1) is 0 Å². The number of carbonyl (C=O) groups is 2. The first-order valence-electron chi connectivity index (χ1n) is 4.69. The van der Waals surface area contributed by atoms with Gasteiger partial charge in [-0.25, -0.2) is 9.80 Å². The van der Waals surface area contributed by atoms with Gasteiger partial charge in [-0.1, -0.05) is 6.92 Å². The molecule has 78 valence electrons. The zero-order chi connectivity index (χ0) is 10.7. The van der Waals surface area contributed by atoms with Crippen molar-refractivity contribution in [3.05, 3.63) is 0 Å². The Bertz CT molecular complexity index is 286. The Balaban J connectivity index is 2.86. The molecule has 14 heavy (non-hydrogen) atoms. The fraction of sp³-hybridized carbons (Fsp3) is 0.667. The largest absolute Gasteiger partial charge is 0.477 e. The molecule has 0 bridgehead atoms. The highest BCUT2D eigenvalue weighted by Crippen LogP contribution is 2.14. The molecule has 1 rings (SSSR count). The zero-order valence-electron chi connectivity index (χ0n) is 8.36. The lowest BCUT2D eigenvalue weighted by Gasteiger charge is -2.27. The Morgan fingerprint density at radius 3 is 2.79 bits per heavy atom. The van der Waals surface area contributed by atoms with E-state index in [1.165, 1.54) is 5.01 Å². The molecule has 0 radical (unpaired) electrons. The predicted octanol–water partition coefficient (Wildman–Crippen LogP) is 0.848. The molecule has 1 aliphatic heterocycles. The topological polar surface area (TPSA) is 70.0 Å². The van der Waals surface area contributed by atoms with Gasteiger partial charge >= 0.3 is 5.97 Å². The average Bonchev–Trinajstić information content (AvgIpc) is 2.17. The summed E-state index contributed by atoms with van der Waals surface area (Å²) in [7, 11) is 0. The molecule has 1 atom stereocenters. The van der Waals surface area contributed by atoms with E-state index in [0.717, 1.165) is 6.42 Å². The third-order valence-electron chi connectivity index (χ3n) is 2.31. The first kappa shape index (κ1) is 10.7. The van der Waals surface area contributed by atoms with Crippen molar-refractivity contribution in [1.82, 2.24) is 5.01 Å². The van der Waals surface area contributed by atoms with Crippen LogP contribution in [0.1, 0.15) is 33.1 Å². The van der Waals surface area contributed by atoms with E-state index < -0.39 is 5.97 Å². The summed E-state index contributed by atoms with van der Waals surface area (Å²) in [5, 5.41) is 13.8. The smallest absolute Gasteiger partial charge is 0.352 e. The van der Waals surface area contributed by atoms with E-state index in [1.54, 1.807) is 0 Å². The minimum atomic E-state index is -1.04. The van der Waals surface area contributed by atoms with Gasteiger partial charge in [-0.05, 0) is 13.3 Å². The quantitative estimate of drug-likeness (QED) is 0.730. The molecule has 0 saturated carbocycles. The Morgan fingerprint density at radius 1 is 1.64 bits per heavy atom. The molecule has 0 aromatic rings. The van der Waals surface area contributed by atoms with Crippen molar-refractivity contribution in [2.24, 2.45) is 5.10 Å². The van der Waals surface area contributed by atoms with Crippen molar-refractivity contribution in [2.45, 2.75) is 39.2 Å². The maximum atomic E-state index is 11.4. The van der Waals surface area contributed by atoms with Crippen molar-refractivity contribution in [3.63, 3.8) is 0 Å².